The molecule has 106 valence electrons. The maximum Gasteiger partial charge on any atom is 0.246 e. The van der Waals surface area contributed by atoms with Crippen molar-refractivity contribution in [2.75, 3.05) is 25.0 Å². The number of hydrogen-bond acceptors (Lipinski definition) is 4. The summed E-state index contributed by atoms with van der Waals surface area (Å²) in [6.07, 6.45) is 7.01. The monoisotopic (exact) mass is 283 g/mol. The molecule has 1 aromatic rings. The van der Waals surface area contributed by atoms with E-state index >= 15 is 0 Å². The zero-order chi connectivity index (χ0) is 13.7. The maximum absolute atomic E-state index is 12.6. The molecule has 0 aromatic carbocycles. The van der Waals surface area contributed by atoms with Crippen LogP contribution in [0, 0.1) is 0 Å². The summed E-state index contributed by atoms with van der Waals surface area (Å²) in [5.41, 5.74) is 0.655. The lowest BCUT2D eigenvalue weighted by Crippen LogP contribution is -2.36. The molecular formula is C13H21N3O2S. The molecule has 0 spiro atoms. The van der Waals surface area contributed by atoms with Crippen molar-refractivity contribution in [3.05, 3.63) is 18.5 Å². The van der Waals surface area contributed by atoms with Crippen LogP contribution in [0.5, 0.6) is 0 Å². The zero-order valence-corrected chi connectivity index (χ0v) is 12.1. The summed E-state index contributed by atoms with van der Waals surface area (Å²) < 4.78 is 26.8. The highest BCUT2D eigenvalue weighted by Gasteiger charge is 2.28. The van der Waals surface area contributed by atoms with E-state index in [4.69, 9.17) is 0 Å². The second-order valence-electron chi connectivity index (χ2n) is 4.76. The zero-order valence-electron chi connectivity index (χ0n) is 11.3. The smallest absolute Gasteiger partial charge is 0.246 e. The van der Waals surface area contributed by atoms with E-state index in [1.165, 1.54) is 6.20 Å². The first-order valence-corrected chi connectivity index (χ1v) is 8.28. The van der Waals surface area contributed by atoms with Crippen LogP contribution in [0.15, 0.2) is 23.4 Å². The average Bonchev–Trinajstić information content (AvgIpc) is 2.46. The topological polar surface area (TPSA) is 62.3 Å². The van der Waals surface area contributed by atoms with E-state index in [1.807, 2.05) is 6.92 Å². The van der Waals surface area contributed by atoms with Crippen molar-refractivity contribution < 1.29 is 8.42 Å². The number of anilines is 1. The lowest BCUT2D eigenvalue weighted by atomic mass is 10.2. The summed E-state index contributed by atoms with van der Waals surface area (Å²) in [4.78, 5) is 4.27. The van der Waals surface area contributed by atoms with Gasteiger partial charge in [-0.15, -0.1) is 0 Å². The molecule has 0 radical (unpaired) electrons. The third-order valence-electron chi connectivity index (χ3n) is 3.28. The Morgan fingerprint density at radius 3 is 2.74 bits per heavy atom. The predicted molar refractivity (Wildman–Crippen MR) is 75.6 cm³/mol. The van der Waals surface area contributed by atoms with Crippen LogP contribution in [0.2, 0.25) is 0 Å². The first-order valence-electron chi connectivity index (χ1n) is 6.84. The molecule has 2 heterocycles. The number of nitrogens with one attached hydrogen (secondary N) is 1. The van der Waals surface area contributed by atoms with E-state index in [0.717, 1.165) is 32.2 Å². The molecular weight excluding hydrogens is 262 g/mol. The molecule has 1 aliphatic rings. The Kier molecular flexibility index (Phi) is 4.76. The van der Waals surface area contributed by atoms with Gasteiger partial charge >= 0.3 is 0 Å². The minimum Gasteiger partial charge on any atom is -0.384 e. The van der Waals surface area contributed by atoms with Crippen molar-refractivity contribution in [3.63, 3.8) is 0 Å². The second-order valence-corrected chi connectivity index (χ2v) is 6.67. The maximum atomic E-state index is 12.6. The van der Waals surface area contributed by atoms with Gasteiger partial charge in [-0.25, -0.2) is 8.42 Å². The van der Waals surface area contributed by atoms with E-state index < -0.39 is 10.0 Å². The molecule has 1 saturated heterocycles. The molecule has 0 unspecified atom stereocenters. The van der Waals surface area contributed by atoms with Crippen molar-refractivity contribution in [1.29, 1.82) is 0 Å². The highest BCUT2D eigenvalue weighted by molar-refractivity contribution is 7.89. The fourth-order valence-corrected chi connectivity index (χ4v) is 3.86. The second kappa shape index (κ2) is 6.34. The largest absolute Gasteiger partial charge is 0.384 e. The summed E-state index contributed by atoms with van der Waals surface area (Å²) in [7, 11) is -3.41. The molecule has 0 saturated carbocycles. The van der Waals surface area contributed by atoms with Gasteiger partial charge in [0.2, 0.25) is 10.0 Å². The van der Waals surface area contributed by atoms with Gasteiger partial charge < -0.3 is 5.32 Å². The third-order valence-corrected chi connectivity index (χ3v) is 5.21. The molecule has 1 N–H and O–H groups in total. The summed E-state index contributed by atoms with van der Waals surface area (Å²) in [5.74, 6) is 0. The van der Waals surface area contributed by atoms with Gasteiger partial charge in [0.05, 0.1) is 5.69 Å². The van der Waals surface area contributed by atoms with Gasteiger partial charge in [0.1, 0.15) is 4.90 Å². The first kappa shape index (κ1) is 14.3. The van der Waals surface area contributed by atoms with Crippen LogP contribution < -0.4 is 5.32 Å². The molecule has 6 heteroatoms. The number of sulfonamides is 1. The van der Waals surface area contributed by atoms with Gasteiger partial charge in [-0.3, -0.25) is 4.98 Å². The van der Waals surface area contributed by atoms with Crippen molar-refractivity contribution in [3.8, 4) is 0 Å². The number of rotatable bonds is 5. The Balaban J connectivity index is 2.28. The minimum absolute atomic E-state index is 0.297. The van der Waals surface area contributed by atoms with Crippen molar-refractivity contribution in [1.82, 2.24) is 9.29 Å². The number of hydrogen-bond donors (Lipinski definition) is 1. The standard InChI is InChI=1S/C13H21N3O2S/c1-2-7-15-12-6-8-14-11-13(12)19(17,18)16-9-4-3-5-10-16/h6,8,11H,2-5,7,9-10H2,1H3,(H,14,15). The van der Waals surface area contributed by atoms with Crippen LogP contribution in [-0.2, 0) is 10.0 Å². The number of piperidine rings is 1. The van der Waals surface area contributed by atoms with Crippen molar-refractivity contribution >= 4 is 15.7 Å². The molecule has 0 bridgehead atoms. The van der Waals surface area contributed by atoms with E-state index in [9.17, 15) is 8.42 Å². The van der Waals surface area contributed by atoms with Gasteiger partial charge in [-0.2, -0.15) is 4.31 Å². The summed E-state index contributed by atoms with van der Waals surface area (Å²) >= 11 is 0. The molecule has 0 amide bonds. The fraction of sp³-hybridized carbons (Fsp3) is 0.615. The molecule has 1 fully saturated rings. The summed E-state index contributed by atoms with van der Waals surface area (Å²) in [6, 6.07) is 1.73. The lowest BCUT2D eigenvalue weighted by molar-refractivity contribution is 0.346. The normalized spacial score (nSPS) is 17.3. The van der Waals surface area contributed by atoms with E-state index in [0.29, 0.717) is 23.7 Å². The Bertz CT molecular complexity index is 510. The first-order chi connectivity index (χ1) is 9.16. The molecule has 2 rings (SSSR count). The van der Waals surface area contributed by atoms with Gasteiger partial charge in [0.25, 0.3) is 0 Å². The third kappa shape index (κ3) is 3.25. The SMILES string of the molecule is CCCNc1ccncc1S(=O)(=O)N1CCCCC1. The van der Waals surface area contributed by atoms with Crippen LogP contribution in [0.3, 0.4) is 0 Å². The van der Waals surface area contributed by atoms with E-state index in [-0.39, 0.29) is 0 Å². The molecule has 1 aromatic heterocycles. The van der Waals surface area contributed by atoms with Gasteiger partial charge in [-0.1, -0.05) is 13.3 Å². The van der Waals surface area contributed by atoms with Crippen LogP contribution >= 0.6 is 0 Å². The van der Waals surface area contributed by atoms with Crippen LogP contribution in [0.4, 0.5) is 5.69 Å². The van der Waals surface area contributed by atoms with Gasteiger partial charge in [-0.05, 0) is 25.3 Å². The van der Waals surface area contributed by atoms with E-state index in [2.05, 4.69) is 10.3 Å². The van der Waals surface area contributed by atoms with Crippen molar-refractivity contribution in [2.45, 2.75) is 37.5 Å². The number of aromatic nitrogens is 1. The van der Waals surface area contributed by atoms with E-state index in [1.54, 1.807) is 16.6 Å². The van der Waals surface area contributed by atoms with Crippen LogP contribution in [0.25, 0.3) is 0 Å². The molecule has 5 nitrogen and oxygen atoms in total. The Morgan fingerprint density at radius 2 is 2.05 bits per heavy atom. The molecule has 19 heavy (non-hydrogen) atoms. The highest BCUT2D eigenvalue weighted by Crippen LogP contribution is 2.25. The number of nitrogens with zero attached hydrogens (tertiary/aromatic N) is 2. The van der Waals surface area contributed by atoms with Gasteiger partial charge in [0, 0.05) is 32.0 Å². The quantitative estimate of drug-likeness (QED) is 0.898. The van der Waals surface area contributed by atoms with Crippen LogP contribution in [0.1, 0.15) is 32.6 Å². The van der Waals surface area contributed by atoms with Gasteiger partial charge in [0.15, 0.2) is 0 Å². The minimum atomic E-state index is -3.41. The fourth-order valence-electron chi connectivity index (χ4n) is 2.24. The lowest BCUT2D eigenvalue weighted by Gasteiger charge is -2.26. The predicted octanol–water partition coefficient (Wildman–Crippen LogP) is 2.08. The Morgan fingerprint density at radius 1 is 1.32 bits per heavy atom. The summed E-state index contributed by atoms with van der Waals surface area (Å²) in [6.45, 7) is 4.04. The Hall–Kier alpha value is -1.14. The molecule has 0 atom stereocenters. The van der Waals surface area contributed by atoms with Crippen molar-refractivity contribution in [2.24, 2.45) is 0 Å². The average molecular weight is 283 g/mol. The van der Waals surface area contributed by atoms with Crippen LogP contribution in [-0.4, -0.2) is 37.3 Å². The Labute approximate surface area is 115 Å². The number of pyridine rings is 1. The molecule has 1 aliphatic heterocycles. The highest BCUT2D eigenvalue weighted by atomic mass is 32.2. The molecule has 0 aliphatic carbocycles. The summed E-state index contributed by atoms with van der Waals surface area (Å²) in [5, 5.41) is 3.16.